The second kappa shape index (κ2) is 4.39. The molecule has 3 rings (SSSR count). The number of ether oxygens (including phenoxy) is 1. The van der Waals surface area contributed by atoms with E-state index < -0.39 is 17.6 Å². The highest BCUT2D eigenvalue weighted by atomic mass is 16.5. The number of pyridine rings is 1. The fourth-order valence-electron chi connectivity index (χ4n) is 2.45. The van der Waals surface area contributed by atoms with E-state index in [2.05, 4.69) is 0 Å². The van der Waals surface area contributed by atoms with Crippen LogP contribution in [0.25, 0.3) is 5.69 Å². The zero-order valence-corrected chi connectivity index (χ0v) is 11.0. The summed E-state index contributed by atoms with van der Waals surface area (Å²) in [5, 5.41) is 40.8. The van der Waals surface area contributed by atoms with Crippen LogP contribution in [0, 0.1) is 22.7 Å². The van der Waals surface area contributed by atoms with Crippen LogP contribution in [0.2, 0.25) is 0 Å². The molecule has 1 aliphatic rings. The van der Waals surface area contributed by atoms with Gasteiger partial charge < -0.3 is 14.9 Å². The molecule has 1 aromatic carbocycles. The Kier molecular flexibility index (Phi) is 2.67. The summed E-state index contributed by atoms with van der Waals surface area (Å²) < 4.78 is 7.16. The lowest BCUT2D eigenvalue weighted by Gasteiger charge is -2.25. The van der Waals surface area contributed by atoms with Crippen molar-refractivity contribution in [2.75, 3.05) is 0 Å². The van der Waals surface area contributed by atoms with Crippen molar-refractivity contribution in [2.45, 2.75) is 13.0 Å². The summed E-state index contributed by atoms with van der Waals surface area (Å²) >= 11 is 0. The van der Waals surface area contributed by atoms with E-state index in [1.54, 1.807) is 48.0 Å². The zero-order valence-electron chi connectivity index (χ0n) is 11.0. The van der Waals surface area contributed by atoms with Gasteiger partial charge in [-0.05, 0) is 18.7 Å². The first-order valence-corrected chi connectivity index (χ1v) is 6.17. The Morgan fingerprint density at radius 1 is 1.29 bits per heavy atom. The van der Waals surface area contributed by atoms with Gasteiger partial charge in [-0.25, -0.2) is 0 Å². The van der Waals surface area contributed by atoms with Gasteiger partial charge in [-0.2, -0.15) is 15.1 Å². The molecular formula is C15H9N3O3. The molecule has 0 saturated carbocycles. The second-order valence-corrected chi connectivity index (χ2v) is 4.58. The predicted octanol–water partition coefficient (Wildman–Crippen LogP) is 0.939. The zero-order chi connectivity index (χ0) is 15.1. The van der Waals surface area contributed by atoms with Gasteiger partial charge in [-0.15, -0.1) is 0 Å². The Morgan fingerprint density at radius 2 is 2.00 bits per heavy atom. The minimum absolute atomic E-state index is 0.0525. The van der Waals surface area contributed by atoms with Crippen LogP contribution in [0.15, 0.2) is 24.4 Å². The van der Waals surface area contributed by atoms with E-state index in [4.69, 9.17) is 15.3 Å². The summed E-state index contributed by atoms with van der Waals surface area (Å²) in [7, 11) is 0. The van der Waals surface area contributed by atoms with Crippen LogP contribution in [0.4, 0.5) is 0 Å². The van der Waals surface area contributed by atoms with Crippen LogP contribution < -0.4 is 14.4 Å². The molecule has 1 N–H and O–H groups in total. The molecule has 0 spiro atoms. The monoisotopic (exact) mass is 279 g/mol. The topological polar surface area (TPSA) is 104 Å². The van der Waals surface area contributed by atoms with Crippen molar-refractivity contribution in [3.05, 3.63) is 41.2 Å². The summed E-state index contributed by atoms with van der Waals surface area (Å²) in [5.41, 5.74) is 0.0366. The molecule has 2 aromatic rings. The highest BCUT2D eigenvalue weighted by molar-refractivity contribution is 5.72. The SMILES string of the molecule is CC1Oc2c(O)c(C#N)c(C#N)c([O-])c2-[n+]2ccccc21. The molecule has 0 saturated heterocycles. The number of nitriles is 2. The molecule has 1 aromatic heterocycles. The van der Waals surface area contributed by atoms with Crippen molar-refractivity contribution in [2.24, 2.45) is 0 Å². The van der Waals surface area contributed by atoms with Crippen LogP contribution in [0.3, 0.4) is 0 Å². The maximum absolute atomic E-state index is 12.5. The van der Waals surface area contributed by atoms with Gasteiger partial charge in [0.1, 0.15) is 17.7 Å². The molecule has 102 valence electrons. The van der Waals surface area contributed by atoms with Crippen molar-refractivity contribution < 1.29 is 19.5 Å². The minimum Gasteiger partial charge on any atom is -0.867 e. The molecule has 0 radical (unpaired) electrons. The number of phenols is 1. The number of aromatic nitrogens is 1. The molecule has 0 amide bonds. The second-order valence-electron chi connectivity index (χ2n) is 4.58. The van der Waals surface area contributed by atoms with Gasteiger partial charge in [0.15, 0.2) is 18.1 Å². The summed E-state index contributed by atoms with van der Waals surface area (Å²) in [5.74, 6) is -1.17. The summed E-state index contributed by atoms with van der Waals surface area (Å²) in [6, 6.07) is 8.68. The normalized spacial score (nSPS) is 15.1. The lowest BCUT2D eigenvalue weighted by atomic mass is 10.0. The molecule has 2 heterocycles. The molecule has 1 aliphatic heterocycles. The molecule has 0 fully saturated rings. The maximum atomic E-state index is 12.5. The lowest BCUT2D eigenvalue weighted by molar-refractivity contribution is -0.617. The van der Waals surface area contributed by atoms with Crippen molar-refractivity contribution in [3.63, 3.8) is 0 Å². The Labute approximate surface area is 120 Å². The van der Waals surface area contributed by atoms with Gasteiger partial charge >= 0.3 is 0 Å². The van der Waals surface area contributed by atoms with E-state index >= 15 is 0 Å². The average molecular weight is 279 g/mol. The number of phenolic OH excluding ortho intramolecular Hbond substituents is 1. The molecule has 21 heavy (non-hydrogen) atoms. The van der Waals surface area contributed by atoms with Crippen LogP contribution in [0.1, 0.15) is 29.8 Å². The molecule has 1 unspecified atom stereocenters. The summed E-state index contributed by atoms with van der Waals surface area (Å²) in [6.07, 6.45) is 1.25. The van der Waals surface area contributed by atoms with E-state index in [1.165, 1.54) is 0 Å². The van der Waals surface area contributed by atoms with Gasteiger partial charge in [0.05, 0.1) is 5.56 Å². The van der Waals surface area contributed by atoms with E-state index in [1.807, 2.05) is 0 Å². The Hall–Kier alpha value is -3.25. The number of aromatic hydroxyl groups is 1. The standard InChI is InChI=1S/C15H9N3O3/c1-8-11-4-2-3-5-18(11)12-13(19)9(6-16)10(7-17)14(20)15(12)21-8/h2-5,8H,1H3,(H-,19,20). The van der Waals surface area contributed by atoms with E-state index in [0.717, 1.165) is 5.69 Å². The molecule has 0 bridgehead atoms. The van der Waals surface area contributed by atoms with E-state index in [-0.39, 0.29) is 22.6 Å². The third-order valence-electron chi connectivity index (χ3n) is 3.43. The summed E-state index contributed by atoms with van der Waals surface area (Å²) in [4.78, 5) is 0. The minimum atomic E-state index is -0.633. The van der Waals surface area contributed by atoms with Crippen molar-refractivity contribution in [3.8, 4) is 35.1 Å². The number of rotatable bonds is 0. The number of benzene rings is 1. The Balaban J connectivity index is 2.47. The number of hydrogen-bond acceptors (Lipinski definition) is 5. The van der Waals surface area contributed by atoms with E-state index in [9.17, 15) is 10.2 Å². The predicted molar refractivity (Wildman–Crippen MR) is 67.6 cm³/mol. The fraction of sp³-hybridized carbons (Fsp3) is 0.133. The molecule has 1 atom stereocenters. The first-order valence-electron chi connectivity index (χ1n) is 6.17. The van der Waals surface area contributed by atoms with E-state index in [0.29, 0.717) is 0 Å². The molecular weight excluding hydrogens is 270 g/mol. The highest BCUT2D eigenvalue weighted by Crippen LogP contribution is 2.45. The third kappa shape index (κ3) is 1.60. The van der Waals surface area contributed by atoms with Gasteiger partial charge in [0.25, 0.3) is 5.69 Å². The van der Waals surface area contributed by atoms with Crippen molar-refractivity contribution in [1.82, 2.24) is 0 Å². The lowest BCUT2D eigenvalue weighted by Crippen LogP contribution is -2.42. The van der Waals surface area contributed by atoms with Crippen LogP contribution in [-0.2, 0) is 0 Å². The smallest absolute Gasteiger partial charge is 0.250 e. The number of fused-ring (bicyclic) bond motifs is 3. The molecule has 6 nitrogen and oxygen atoms in total. The van der Waals surface area contributed by atoms with Crippen LogP contribution >= 0.6 is 0 Å². The number of nitrogens with zero attached hydrogens (tertiary/aromatic N) is 3. The Bertz CT molecular complexity index is 847. The molecule has 6 heteroatoms. The van der Waals surface area contributed by atoms with Gasteiger partial charge in [-0.3, -0.25) is 0 Å². The fourth-order valence-corrected chi connectivity index (χ4v) is 2.45. The van der Waals surface area contributed by atoms with Crippen molar-refractivity contribution in [1.29, 1.82) is 10.5 Å². The quantitative estimate of drug-likeness (QED) is 0.723. The van der Waals surface area contributed by atoms with Gasteiger partial charge in [0.2, 0.25) is 11.4 Å². The van der Waals surface area contributed by atoms with Crippen LogP contribution in [-0.4, -0.2) is 5.11 Å². The highest BCUT2D eigenvalue weighted by Gasteiger charge is 2.36. The van der Waals surface area contributed by atoms with Crippen molar-refractivity contribution >= 4 is 0 Å². The number of hydrogen-bond donors (Lipinski definition) is 1. The largest absolute Gasteiger partial charge is 0.867 e. The maximum Gasteiger partial charge on any atom is 0.250 e. The first-order chi connectivity index (χ1) is 10.1. The molecule has 0 aliphatic carbocycles. The first kappa shape index (κ1) is 12.8. The van der Waals surface area contributed by atoms with Gasteiger partial charge in [-0.1, -0.05) is 0 Å². The summed E-state index contributed by atoms with van der Waals surface area (Å²) in [6.45, 7) is 1.77. The third-order valence-corrected chi connectivity index (χ3v) is 3.43. The van der Waals surface area contributed by atoms with Gasteiger partial charge in [0, 0.05) is 12.1 Å². The average Bonchev–Trinajstić information content (AvgIpc) is 2.50. The van der Waals surface area contributed by atoms with Crippen LogP contribution in [0.5, 0.6) is 17.2 Å². The Morgan fingerprint density at radius 3 is 2.67 bits per heavy atom.